The Balaban J connectivity index is 1.46. The minimum atomic E-state index is -4.40. The van der Waals surface area contributed by atoms with Gasteiger partial charge in [-0.05, 0) is 49.2 Å². The molecule has 164 valence electrons. The molecule has 4 rings (SSSR count). The number of halogens is 3. The summed E-state index contributed by atoms with van der Waals surface area (Å²) in [5.41, 5.74) is 0.271. The Morgan fingerprint density at radius 3 is 2.55 bits per heavy atom. The third kappa shape index (κ3) is 4.47. The predicted molar refractivity (Wildman–Crippen MR) is 110 cm³/mol. The van der Waals surface area contributed by atoms with Gasteiger partial charge in [-0.25, -0.2) is 0 Å². The predicted octanol–water partition coefficient (Wildman–Crippen LogP) is 4.12. The van der Waals surface area contributed by atoms with Crippen LogP contribution in [0.15, 0.2) is 36.4 Å². The number of amides is 1. The molecule has 1 aromatic carbocycles. The van der Waals surface area contributed by atoms with Crippen LogP contribution in [0.5, 0.6) is 0 Å². The third-order valence-corrected chi connectivity index (χ3v) is 5.39. The Hall–Kier alpha value is -3.17. The molecule has 0 radical (unpaired) electrons. The fourth-order valence-electron chi connectivity index (χ4n) is 3.71. The van der Waals surface area contributed by atoms with Crippen LogP contribution in [-0.2, 0) is 11.0 Å². The molecule has 1 saturated heterocycles. The van der Waals surface area contributed by atoms with Crippen LogP contribution < -0.4 is 10.2 Å². The van der Waals surface area contributed by atoms with Gasteiger partial charge in [-0.2, -0.15) is 17.7 Å². The molecule has 0 saturated carbocycles. The van der Waals surface area contributed by atoms with Gasteiger partial charge in [-0.1, -0.05) is 13.8 Å². The lowest BCUT2D eigenvalue weighted by Gasteiger charge is -2.32. The van der Waals surface area contributed by atoms with Crippen molar-refractivity contribution in [1.82, 2.24) is 19.8 Å². The van der Waals surface area contributed by atoms with E-state index < -0.39 is 11.7 Å². The minimum absolute atomic E-state index is 0.168. The lowest BCUT2D eigenvalue weighted by Crippen LogP contribution is -2.41. The second-order valence-corrected chi connectivity index (χ2v) is 8.02. The van der Waals surface area contributed by atoms with Gasteiger partial charge in [0.05, 0.1) is 11.5 Å². The number of nitrogens with one attached hydrogen (secondary N) is 1. The van der Waals surface area contributed by atoms with Crippen LogP contribution in [0.1, 0.15) is 44.0 Å². The van der Waals surface area contributed by atoms with Gasteiger partial charge < -0.3 is 10.2 Å². The lowest BCUT2D eigenvalue weighted by atomic mass is 9.97. The van der Waals surface area contributed by atoms with Crippen LogP contribution in [0.2, 0.25) is 0 Å². The molecule has 0 unspecified atom stereocenters. The molecular formula is C21H23F3N6O. The SMILES string of the molecule is CC(C)c1nnc2ccc(N3CCC[C@H](C(=O)Nc4ccc(C(F)(F)F)cc4)C3)nn12. The van der Waals surface area contributed by atoms with Crippen molar-refractivity contribution in [2.24, 2.45) is 5.92 Å². The monoisotopic (exact) mass is 432 g/mol. The zero-order chi connectivity index (χ0) is 22.2. The number of hydrogen-bond donors (Lipinski definition) is 1. The number of piperidine rings is 1. The molecule has 1 atom stereocenters. The van der Waals surface area contributed by atoms with E-state index in [0.717, 1.165) is 36.7 Å². The summed E-state index contributed by atoms with van der Waals surface area (Å²) in [7, 11) is 0. The number of carbonyl (C=O) groups is 1. The van der Waals surface area contributed by atoms with Crippen molar-refractivity contribution in [3.8, 4) is 0 Å². The van der Waals surface area contributed by atoms with Gasteiger partial charge in [0.25, 0.3) is 0 Å². The van der Waals surface area contributed by atoms with Crippen molar-refractivity contribution >= 4 is 23.1 Å². The summed E-state index contributed by atoms with van der Waals surface area (Å²) in [6.45, 7) is 5.28. The number of benzene rings is 1. The molecule has 1 aliphatic rings. The number of hydrogen-bond acceptors (Lipinski definition) is 5. The van der Waals surface area contributed by atoms with E-state index in [0.29, 0.717) is 24.3 Å². The number of carbonyl (C=O) groups excluding carboxylic acids is 1. The van der Waals surface area contributed by atoms with Crippen molar-refractivity contribution in [1.29, 1.82) is 0 Å². The molecular weight excluding hydrogens is 409 g/mol. The van der Waals surface area contributed by atoms with Crippen molar-refractivity contribution in [3.05, 3.63) is 47.8 Å². The quantitative estimate of drug-likeness (QED) is 0.671. The standard InChI is InChI=1S/C21H23F3N6O/c1-13(2)19-27-26-17-9-10-18(28-30(17)19)29-11-3-4-14(12-29)20(31)25-16-7-5-15(6-8-16)21(22,23)24/h5-10,13-14H,3-4,11-12H2,1-2H3,(H,25,31)/t14-/m0/s1. The maximum atomic E-state index is 12.7. The van der Waals surface area contributed by atoms with E-state index in [-0.39, 0.29) is 17.7 Å². The molecule has 7 nitrogen and oxygen atoms in total. The van der Waals surface area contributed by atoms with Crippen LogP contribution in [0.4, 0.5) is 24.7 Å². The van der Waals surface area contributed by atoms with Gasteiger partial charge in [-0.3, -0.25) is 4.79 Å². The summed E-state index contributed by atoms with van der Waals surface area (Å²) in [4.78, 5) is 14.8. The first-order valence-corrected chi connectivity index (χ1v) is 10.2. The van der Waals surface area contributed by atoms with Crippen molar-refractivity contribution in [2.75, 3.05) is 23.3 Å². The molecule has 0 spiro atoms. The fraction of sp³-hybridized carbons (Fsp3) is 0.429. The van der Waals surface area contributed by atoms with E-state index in [1.54, 1.807) is 4.52 Å². The van der Waals surface area contributed by atoms with Crippen LogP contribution in [-0.4, -0.2) is 38.8 Å². The normalized spacial score (nSPS) is 17.4. The topological polar surface area (TPSA) is 75.4 Å². The summed E-state index contributed by atoms with van der Waals surface area (Å²) in [5, 5.41) is 15.7. The molecule has 1 aliphatic heterocycles. The molecule has 31 heavy (non-hydrogen) atoms. The van der Waals surface area contributed by atoms with E-state index in [2.05, 4.69) is 20.6 Å². The maximum absolute atomic E-state index is 12.7. The molecule has 1 amide bonds. The lowest BCUT2D eigenvalue weighted by molar-refractivity contribution is -0.137. The Morgan fingerprint density at radius 1 is 1.13 bits per heavy atom. The van der Waals surface area contributed by atoms with E-state index in [4.69, 9.17) is 0 Å². The zero-order valence-corrected chi connectivity index (χ0v) is 17.2. The van der Waals surface area contributed by atoms with Crippen LogP contribution in [0.3, 0.4) is 0 Å². The van der Waals surface area contributed by atoms with E-state index in [1.165, 1.54) is 12.1 Å². The fourth-order valence-corrected chi connectivity index (χ4v) is 3.71. The molecule has 3 heterocycles. The van der Waals surface area contributed by atoms with Crippen LogP contribution in [0.25, 0.3) is 5.65 Å². The van der Waals surface area contributed by atoms with E-state index in [1.807, 2.05) is 30.9 Å². The Morgan fingerprint density at radius 2 is 1.87 bits per heavy atom. The molecule has 3 aromatic rings. The smallest absolute Gasteiger partial charge is 0.354 e. The molecule has 1 fully saturated rings. The highest BCUT2D eigenvalue weighted by molar-refractivity contribution is 5.93. The molecule has 1 N–H and O–H groups in total. The molecule has 0 aliphatic carbocycles. The van der Waals surface area contributed by atoms with Crippen LogP contribution in [0, 0.1) is 5.92 Å². The summed E-state index contributed by atoms with van der Waals surface area (Å²) in [5.74, 6) is 1.17. The highest BCUT2D eigenvalue weighted by Gasteiger charge is 2.30. The first-order valence-electron chi connectivity index (χ1n) is 10.2. The second-order valence-electron chi connectivity index (χ2n) is 8.02. The molecule has 0 bridgehead atoms. The summed E-state index contributed by atoms with van der Waals surface area (Å²) < 4.78 is 39.9. The van der Waals surface area contributed by atoms with Gasteiger partial charge in [0.1, 0.15) is 5.82 Å². The maximum Gasteiger partial charge on any atom is 0.416 e. The number of rotatable bonds is 4. The van der Waals surface area contributed by atoms with Crippen molar-refractivity contribution < 1.29 is 18.0 Å². The van der Waals surface area contributed by atoms with Gasteiger partial charge in [-0.15, -0.1) is 15.3 Å². The first-order chi connectivity index (χ1) is 14.7. The van der Waals surface area contributed by atoms with Crippen LogP contribution >= 0.6 is 0 Å². The van der Waals surface area contributed by atoms with Gasteiger partial charge >= 0.3 is 6.18 Å². The Kier molecular flexibility index (Phi) is 5.55. The van der Waals surface area contributed by atoms with Gasteiger partial charge in [0, 0.05) is 24.7 Å². The highest BCUT2D eigenvalue weighted by Crippen LogP contribution is 2.30. The summed E-state index contributed by atoms with van der Waals surface area (Å²) in [6.07, 6.45) is -2.89. The third-order valence-electron chi connectivity index (χ3n) is 5.39. The van der Waals surface area contributed by atoms with Crippen molar-refractivity contribution in [3.63, 3.8) is 0 Å². The largest absolute Gasteiger partial charge is 0.416 e. The van der Waals surface area contributed by atoms with Gasteiger partial charge in [0.2, 0.25) is 5.91 Å². The van der Waals surface area contributed by atoms with Gasteiger partial charge in [0.15, 0.2) is 11.5 Å². The van der Waals surface area contributed by atoms with Crippen molar-refractivity contribution in [2.45, 2.75) is 38.8 Å². The number of fused-ring (bicyclic) bond motifs is 1. The average Bonchev–Trinajstić information content (AvgIpc) is 3.17. The Bertz CT molecular complexity index is 1080. The average molecular weight is 432 g/mol. The number of nitrogens with zero attached hydrogens (tertiary/aromatic N) is 5. The highest BCUT2D eigenvalue weighted by atomic mass is 19.4. The summed E-state index contributed by atoms with van der Waals surface area (Å²) in [6, 6.07) is 8.20. The van der Waals surface area contributed by atoms with E-state index >= 15 is 0 Å². The molecule has 10 heteroatoms. The zero-order valence-electron chi connectivity index (χ0n) is 17.2. The summed E-state index contributed by atoms with van der Waals surface area (Å²) >= 11 is 0. The Labute approximate surface area is 177 Å². The first kappa shape index (κ1) is 21.1. The number of aromatic nitrogens is 4. The second kappa shape index (κ2) is 8.16. The number of anilines is 2. The minimum Gasteiger partial charge on any atom is -0.354 e. The molecule has 2 aromatic heterocycles. The number of alkyl halides is 3. The van der Waals surface area contributed by atoms with E-state index in [9.17, 15) is 18.0 Å².